The highest BCUT2D eigenvalue weighted by Gasteiger charge is 2.67. The zero-order valence-corrected chi connectivity index (χ0v) is 29.0. The van der Waals surface area contributed by atoms with Crippen LogP contribution in [0, 0.1) is 39.4 Å². The van der Waals surface area contributed by atoms with E-state index in [9.17, 15) is 40.2 Å². The van der Waals surface area contributed by atoms with Crippen LogP contribution in [0.5, 0.6) is 0 Å². The Morgan fingerprint density at radius 1 is 1.00 bits per heavy atom. The van der Waals surface area contributed by atoms with E-state index in [1.54, 1.807) is 13.8 Å². The first-order valence-electron chi connectivity index (χ1n) is 17.0. The summed E-state index contributed by atoms with van der Waals surface area (Å²) in [6, 6.07) is 0. The third-order valence-corrected chi connectivity index (χ3v) is 13.5. The fourth-order valence-corrected chi connectivity index (χ4v) is 10.7. The predicted octanol–water partition coefficient (Wildman–Crippen LogP) is 3.42. The summed E-state index contributed by atoms with van der Waals surface area (Å²) in [6.45, 7) is 17.5. The van der Waals surface area contributed by atoms with E-state index in [-0.39, 0.29) is 28.6 Å². The number of carbonyl (C=O) groups excluding carboxylic acids is 2. The zero-order chi connectivity index (χ0) is 34.1. The first-order chi connectivity index (χ1) is 20.4. The molecule has 45 heavy (non-hydrogen) atoms. The highest BCUT2D eigenvalue weighted by Crippen LogP contribution is 2.72. The van der Waals surface area contributed by atoms with Gasteiger partial charge in [-0.15, -0.1) is 0 Å². The van der Waals surface area contributed by atoms with Crippen molar-refractivity contribution in [3.05, 3.63) is 11.1 Å². The smallest absolute Gasteiger partial charge is 0.309 e. The van der Waals surface area contributed by atoms with E-state index in [1.807, 2.05) is 13.8 Å². The topological polar surface area (TPSA) is 168 Å². The molecule has 0 radical (unpaired) electrons. The molecule has 5 N–H and O–H groups in total. The van der Waals surface area contributed by atoms with E-state index in [0.29, 0.717) is 19.3 Å². The number of aliphatic hydroxyl groups excluding tert-OH is 3. The van der Waals surface area contributed by atoms with Crippen molar-refractivity contribution in [1.82, 2.24) is 0 Å². The average molecular weight is 636 g/mol. The number of aliphatic hydroxyl groups is 5. The van der Waals surface area contributed by atoms with Gasteiger partial charge in [-0.25, -0.2) is 0 Å². The molecule has 0 amide bonds. The molecular formula is C36H59O9-. The van der Waals surface area contributed by atoms with Gasteiger partial charge in [0.15, 0.2) is 0 Å². The molecule has 4 aliphatic rings. The van der Waals surface area contributed by atoms with Crippen LogP contribution in [0.4, 0.5) is 0 Å². The quantitative estimate of drug-likeness (QED) is 0.178. The average Bonchev–Trinajstić information content (AvgIpc) is 3.17. The summed E-state index contributed by atoms with van der Waals surface area (Å²) in [5.74, 6) is -1.64. The van der Waals surface area contributed by atoms with E-state index in [2.05, 4.69) is 27.7 Å². The number of aliphatic carboxylic acids is 1. The van der Waals surface area contributed by atoms with Crippen LogP contribution in [0.3, 0.4) is 0 Å². The standard InChI is InChI=1S/C36H60O9/c1-20(10-13-26(37)32(4,5)43)21-14-15-35(8)22-11-12-25-31(2,3)30(42)24(45-29(41)19-33(6,44)18-28(39)40)17-34(25,7)23(22)16-27(38)36(21,35)9/h20-21,24-27,30,37-38,42-44H,10-19H2,1-9H3,(H,39,40)/p-1/t20-,21-,24-,25+,26-,27+,30+,33?,34-,35+,36+/m1/s1. The van der Waals surface area contributed by atoms with Gasteiger partial charge in [0.25, 0.3) is 0 Å². The summed E-state index contributed by atoms with van der Waals surface area (Å²) >= 11 is 0. The second kappa shape index (κ2) is 11.9. The molecule has 0 bridgehead atoms. The third kappa shape index (κ3) is 6.14. The highest BCUT2D eigenvalue weighted by molar-refractivity contribution is 5.73. The number of rotatable bonds is 10. The molecule has 9 nitrogen and oxygen atoms in total. The molecule has 9 heteroatoms. The Morgan fingerprint density at radius 2 is 1.62 bits per heavy atom. The number of hydrogen-bond donors (Lipinski definition) is 5. The van der Waals surface area contributed by atoms with Gasteiger partial charge < -0.3 is 40.2 Å². The fraction of sp³-hybridized carbons (Fsp3) is 0.889. The number of ether oxygens (including phenoxy) is 1. The van der Waals surface area contributed by atoms with Crippen LogP contribution in [-0.4, -0.2) is 73.1 Å². The molecular weight excluding hydrogens is 576 g/mol. The minimum atomic E-state index is -1.83. The van der Waals surface area contributed by atoms with Crippen molar-refractivity contribution in [2.45, 2.75) is 162 Å². The number of carbonyl (C=O) groups is 2. The lowest BCUT2D eigenvalue weighted by molar-refractivity contribution is -0.309. The lowest BCUT2D eigenvalue weighted by atomic mass is 9.42. The van der Waals surface area contributed by atoms with Gasteiger partial charge in [-0.1, -0.05) is 52.7 Å². The number of hydrogen-bond acceptors (Lipinski definition) is 9. The molecule has 4 rings (SSSR count). The molecule has 0 heterocycles. The molecule has 4 aliphatic carbocycles. The molecule has 0 aliphatic heterocycles. The monoisotopic (exact) mass is 635 g/mol. The summed E-state index contributed by atoms with van der Waals surface area (Å²) in [4.78, 5) is 24.0. The van der Waals surface area contributed by atoms with Gasteiger partial charge in [0.2, 0.25) is 0 Å². The first kappa shape index (κ1) is 36.3. The minimum absolute atomic E-state index is 0.0921. The van der Waals surface area contributed by atoms with Gasteiger partial charge in [-0.05, 0) is 106 Å². The molecule has 1 unspecified atom stereocenters. The zero-order valence-electron chi connectivity index (χ0n) is 29.0. The molecule has 0 aromatic heterocycles. The van der Waals surface area contributed by atoms with E-state index < -0.39 is 71.2 Å². The molecule has 0 aromatic rings. The van der Waals surface area contributed by atoms with Gasteiger partial charge in [0.1, 0.15) is 6.10 Å². The maximum atomic E-state index is 13.0. The molecule has 258 valence electrons. The van der Waals surface area contributed by atoms with Crippen LogP contribution >= 0.6 is 0 Å². The van der Waals surface area contributed by atoms with Crippen LogP contribution < -0.4 is 5.11 Å². The molecule has 2 saturated carbocycles. The molecule has 0 saturated heterocycles. The van der Waals surface area contributed by atoms with Crippen LogP contribution in [0.25, 0.3) is 0 Å². The Labute approximate surface area is 269 Å². The van der Waals surface area contributed by atoms with Crippen molar-refractivity contribution in [3.8, 4) is 0 Å². The second-order valence-corrected chi connectivity index (χ2v) is 17.4. The first-order valence-corrected chi connectivity index (χ1v) is 17.0. The Bertz CT molecular complexity index is 1180. The van der Waals surface area contributed by atoms with Crippen molar-refractivity contribution in [2.24, 2.45) is 39.4 Å². The van der Waals surface area contributed by atoms with Crippen molar-refractivity contribution >= 4 is 11.9 Å². The minimum Gasteiger partial charge on any atom is -0.550 e. The van der Waals surface area contributed by atoms with Crippen molar-refractivity contribution in [3.63, 3.8) is 0 Å². The Balaban J connectivity index is 1.64. The number of fused-ring (bicyclic) bond motifs is 4. The lowest BCUT2D eigenvalue weighted by Crippen LogP contribution is -2.62. The molecule has 0 spiro atoms. The van der Waals surface area contributed by atoms with Crippen LogP contribution in [0.15, 0.2) is 11.1 Å². The number of allylic oxidation sites excluding steroid dienone is 1. The van der Waals surface area contributed by atoms with Gasteiger partial charge in [0, 0.05) is 17.8 Å². The predicted molar refractivity (Wildman–Crippen MR) is 167 cm³/mol. The molecule has 2 fully saturated rings. The van der Waals surface area contributed by atoms with Gasteiger partial charge in [0.05, 0.1) is 35.9 Å². The lowest BCUT2D eigenvalue weighted by Gasteiger charge is -2.64. The van der Waals surface area contributed by atoms with Crippen LogP contribution in [-0.2, 0) is 14.3 Å². The Hall–Kier alpha value is -1.52. The normalized spacial score (nSPS) is 40.4. The second-order valence-electron chi connectivity index (χ2n) is 17.4. The van der Waals surface area contributed by atoms with Crippen molar-refractivity contribution < 1.29 is 45.0 Å². The highest BCUT2D eigenvalue weighted by atomic mass is 16.6. The maximum Gasteiger partial charge on any atom is 0.309 e. The summed E-state index contributed by atoms with van der Waals surface area (Å²) in [6.07, 6.45) is 1.39. The maximum absolute atomic E-state index is 13.0. The van der Waals surface area contributed by atoms with Crippen molar-refractivity contribution in [2.75, 3.05) is 0 Å². The summed E-state index contributed by atoms with van der Waals surface area (Å²) in [5.41, 5.74) is -2.02. The Kier molecular flexibility index (Phi) is 9.58. The van der Waals surface area contributed by atoms with E-state index >= 15 is 0 Å². The largest absolute Gasteiger partial charge is 0.550 e. The van der Waals surface area contributed by atoms with Crippen molar-refractivity contribution in [1.29, 1.82) is 0 Å². The number of esters is 1. The summed E-state index contributed by atoms with van der Waals surface area (Å²) < 4.78 is 5.84. The summed E-state index contributed by atoms with van der Waals surface area (Å²) in [5, 5.41) is 65.9. The van der Waals surface area contributed by atoms with E-state index in [1.165, 1.54) is 18.1 Å². The number of carboxylic acid groups (broad SMARTS) is 1. The van der Waals surface area contributed by atoms with E-state index in [0.717, 1.165) is 32.1 Å². The van der Waals surface area contributed by atoms with Gasteiger partial charge >= 0.3 is 5.97 Å². The summed E-state index contributed by atoms with van der Waals surface area (Å²) in [7, 11) is 0. The van der Waals surface area contributed by atoms with Crippen LogP contribution in [0.1, 0.15) is 127 Å². The fourth-order valence-electron chi connectivity index (χ4n) is 10.7. The Morgan fingerprint density at radius 3 is 2.20 bits per heavy atom. The van der Waals surface area contributed by atoms with Gasteiger partial charge in [-0.2, -0.15) is 0 Å². The number of carboxylic acids is 1. The van der Waals surface area contributed by atoms with Gasteiger partial charge in [-0.3, -0.25) is 4.79 Å². The van der Waals surface area contributed by atoms with E-state index in [4.69, 9.17) is 4.74 Å². The third-order valence-electron chi connectivity index (χ3n) is 13.5. The molecule has 0 aromatic carbocycles. The van der Waals surface area contributed by atoms with Crippen LogP contribution in [0.2, 0.25) is 0 Å². The molecule has 11 atom stereocenters. The SMILES string of the molecule is C[C@H](CC[C@@H](O)C(C)(C)O)[C@H]1CC[C@@]2(C)C3=C(C[C@H](O)[C@]12C)[C@@]1(C)C[C@@H](OC(=O)CC(C)(O)CC(=O)[O-])[C@H](O)C(C)(C)[C@@H]1CC3.